The Hall–Kier alpha value is -1.47. The summed E-state index contributed by atoms with van der Waals surface area (Å²) in [5.74, 6) is 3.04. The van der Waals surface area contributed by atoms with Gasteiger partial charge in [0.2, 0.25) is 5.91 Å². The van der Waals surface area contributed by atoms with Crippen molar-refractivity contribution in [3.05, 3.63) is 11.6 Å². The topological polar surface area (TPSA) is 80.3 Å². The van der Waals surface area contributed by atoms with Gasteiger partial charge < -0.3 is 15.2 Å². The van der Waals surface area contributed by atoms with E-state index in [4.69, 9.17) is 5.73 Å². The molecule has 3 fully saturated rings. The Morgan fingerprint density at radius 2 is 1.92 bits per heavy atom. The van der Waals surface area contributed by atoms with Crippen molar-refractivity contribution in [2.24, 2.45) is 5.73 Å². The standard InChI is InChI=1S/C18H30N6O/c1-2-23-16(20-21-18(23)13-10-14(19)11-13)12-22-8-5-15(6-9-22)24-7-3-4-17(24)25/h13-15H,2-12,19H2,1H3. The van der Waals surface area contributed by atoms with Crippen LogP contribution in [0.5, 0.6) is 0 Å². The molecule has 7 nitrogen and oxygen atoms in total. The van der Waals surface area contributed by atoms with Gasteiger partial charge in [0.05, 0.1) is 6.54 Å². The number of likely N-dealkylation sites (tertiary alicyclic amines) is 2. The second kappa shape index (κ2) is 7.03. The minimum absolute atomic E-state index is 0.336. The Morgan fingerprint density at radius 3 is 2.52 bits per heavy atom. The van der Waals surface area contributed by atoms with E-state index in [1.807, 2.05) is 0 Å². The Balaban J connectivity index is 1.35. The molecule has 25 heavy (non-hydrogen) atoms. The second-order valence-electron chi connectivity index (χ2n) is 7.85. The van der Waals surface area contributed by atoms with Crippen LogP contribution in [0.3, 0.4) is 0 Å². The quantitative estimate of drug-likeness (QED) is 0.863. The van der Waals surface area contributed by atoms with E-state index >= 15 is 0 Å². The Kier molecular flexibility index (Phi) is 4.78. The molecule has 4 rings (SSSR count). The first-order valence-electron chi connectivity index (χ1n) is 9.85. The summed E-state index contributed by atoms with van der Waals surface area (Å²) in [4.78, 5) is 16.5. The summed E-state index contributed by atoms with van der Waals surface area (Å²) >= 11 is 0. The molecule has 3 heterocycles. The van der Waals surface area contributed by atoms with E-state index in [-0.39, 0.29) is 0 Å². The molecule has 0 spiro atoms. The van der Waals surface area contributed by atoms with Gasteiger partial charge in [-0.05, 0) is 39.0 Å². The molecular formula is C18H30N6O. The Labute approximate surface area is 149 Å². The van der Waals surface area contributed by atoms with Crippen molar-refractivity contribution in [3.8, 4) is 0 Å². The fraction of sp³-hybridized carbons (Fsp3) is 0.833. The van der Waals surface area contributed by atoms with Crippen LogP contribution in [0, 0.1) is 0 Å². The van der Waals surface area contributed by atoms with Gasteiger partial charge in [-0.15, -0.1) is 10.2 Å². The molecule has 1 aromatic heterocycles. The number of hydrogen-bond donors (Lipinski definition) is 1. The molecule has 1 aromatic rings. The van der Waals surface area contributed by atoms with E-state index in [9.17, 15) is 4.79 Å². The normalized spacial score (nSPS) is 28.6. The lowest BCUT2D eigenvalue weighted by atomic mass is 9.80. The molecule has 0 aromatic carbocycles. The predicted octanol–water partition coefficient (Wildman–Crippen LogP) is 1.09. The number of amides is 1. The number of nitrogens with two attached hydrogens (primary N) is 1. The van der Waals surface area contributed by atoms with Crippen LogP contribution in [0.15, 0.2) is 0 Å². The Morgan fingerprint density at radius 1 is 1.16 bits per heavy atom. The number of piperidine rings is 1. The molecule has 2 N–H and O–H groups in total. The fourth-order valence-electron chi connectivity index (χ4n) is 4.63. The van der Waals surface area contributed by atoms with E-state index in [0.717, 1.165) is 82.9 Å². The van der Waals surface area contributed by atoms with Gasteiger partial charge in [0, 0.05) is 50.6 Å². The number of hydrogen-bond acceptors (Lipinski definition) is 5. The van der Waals surface area contributed by atoms with E-state index in [1.165, 1.54) is 0 Å². The molecule has 0 bridgehead atoms. The highest BCUT2D eigenvalue weighted by molar-refractivity contribution is 5.78. The third kappa shape index (κ3) is 3.31. The Bertz CT molecular complexity index is 615. The third-order valence-electron chi connectivity index (χ3n) is 6.18. The van der Waals surface area contributed by atoms with E-state index in [0.29, 0.717) is 23.9 Å². The van der Waals surface area contributed by atoms with Crippen molar-refractivity contribution < 1.29 is 4.79 Å². The number of rotatable bonds is 5. The largest absolute Gasteiger partial charge is 0.340 e. The third-order valence-corrected chi connectivity index (χ3v) is 6.18. The minimum Gasteiger partial charge on any atom is -0.340 e. The molecule has 2 aliphatic heterocycles. The lowest BCUT2D eigenvalue weighted by molar-refractivity contribution is -0.130. The summed E-state index contributed by atoms with van der Waals surface area (Å²) in [5, 5.41) is 8.96. The maximum absolute atomic E-state index is 11.9. The molecule has 0 atom stereocenters. The van der Waals surface area contributed by atoms with Crippen LogP contribution in [0.25, 0.3) is 0 Å². The molecular weight excluding hydrogens is 316 g/mol. The minimum atomic E-state index is 0.336. The monoisotopic (exact) mass is 346 g/mol. The molecule has 0 unspecified atom stereocenters. The SMILES string of the molecule is CCn1c(CN2CCC(N3CCCC3=O)CC2)nnc1C1CC(N)C1. The molecule has 1 aliphatic carbocycles. The summed E-state index contributed by atoms with van der Waals surface area (Å²) in [6, 6.07) is 0.783. The second-order valence-corrected chi connectivity index (χ2v) is 7.85. The highest BCUT2D eigenvalue weighted by Crippen LogP contribution is 2.35. The average molecular weight is 346 g/mol. The molecule has 138 valence electrons. The summed E-state index contributed by atoms with van der Waals surface area (Å²) in [5.41, 5.74) is 5.93. The predicted molar refractivity (Wildman–Crippen MR) is 94.9 cm³/mol. The van der Waals surface area contributed by atoms with Crippen molar-refractivity contribution in [2.45, 2.75) is 76.5 Å². The van der Waals surface area contributed by atoms with Crippen LogP contribution in [-0.2, 0) is 17.9 Å². The fourth-order valence-corrected chi connectivity index (χ4v) is 4.63. The summed E-state index contributed by atoms with van der Waals surface area (Å²) in [7, 11) is 0. The number of carbonyl (C=O) groups excluding carboxylic acids is 1. The number of nitrogens with zero attached hydrogens (tertiary/aromatic N) is 5. The average Bonchev–Trinajstić information content (AvgIpc) is 3.18. The molecule has 1 amide bonds. The van der Waals surface area contributed by atoms with Crippen LogP contribution < -0.4 is 5.73 Å². The van der Waals surface area contributed by atoms with Crippen LogP contribution >= 0.6 is 0 Å². The van der Waals surface area contributed by atoms with Gasteiger partial charge in [0.25, 0.3) is 0 Å². The van der Waals surface area contributed by atoms with Gasteiger partial charge >= 0.3 is 0 Å². The van der Waals surface area contributed by atoms with Crippen LogP contribution in [-0.4, -0.2) is 62.2 Å². The molecule has 0 radical (unpaired) electrons. The van der Waals surface area contributed by atoms with Crippen molar-refractivity contribution in [1.82, 2.24) is 24.6 Å². The zero-order valence-corrected chi connectivity index (χ0v) is 15.2. The zero-order valence-electron chi connectivity index (χ0n) is 15.2. The molecule has 7 heteroatoms. The van der Waals surface area contributed by atoms with Gasteiger partial charge in [-0.1, -0.05) is 0 Å². The summed E-state index contributed by atoms with van der Waals surface area (Å²) < 4.78 is 2.28. The number of aromatic nitrogens is 3. The van der Waals surface area contributed by atoms with E-state index in [1.54, 1.807) is 0 Å². The van der Waals surface area contributed by atoms with Gasteiger partial charge in [0.1, 0.15) is 11.6 Å². The zero-order chi connectivity index (χ0) is 17.4. The number of carbonyl (C=O) groups is 1. The maximum Gasteiger partial charge on any atom is 0.222 e. The first-order valence-corrected chi connectivity index (χ1v) is 9.85. The lowest BCUT2D eigenvalue weighted by Crippen LogP contribution is -2.45. The van der Waals surface area contributed by atoms with E-state index in [2.05, 4.69) is 31.5 Å². The van der Waals surface area contributed by atoms with Crippen molar-refractivity contribution in [3.63, 3.8) is 0 Å². The van der Waals surface area contributed by atoms with Gasteiger partial charge in [-0.25, -0.2) is 0 Å². The summed E-state index contributed by atoms with van der Waals surface area (Å²) in [6.45, 7) is 6.98. The lowest BCUT2D eigenvalue weighted by Gasteiger charge is -2.36. The first kappa shape index (κ1) is 17.0. The maximum atomic E-state index is 11.9. The molecule has 1 saturated carbocycles. The van der Waals surface area contributed by atoms with Gasteiger partial charge in [-0.2, -0.15) is 0 Å². The van der Waals surface area contributed by atoms with Gasteiger partial charge in [-0.3, -0.25) is 9.69 Å². The summed E-state index contributed by atoms with van der Waals surface area (Å²) in [6.07, 6.45) is 6.01. The molecule has 2 saturated heterocycles. The van der Waals surface area contributed by atoms with Crippen molar-refractivity contribution in [2.75, 3.05) is 19.6 Å². The van der Waals surface area contributed by atoms with E-state index < -0.39 is 0 Å². The van der Waals surface area contributed by atoms with Crippen LogP contribution in [0.1, 0.15) is 63.0 Å². The smallest absolute Gasteiger partial charge is 0.222 e. The highest BCUT2D eigenvalue weighted by atomic mass is 16.2. The van der Waals surface area contributed by atoms with Crippen molar-refractivity contribution in [1.29, 1.82) is 0 Å². The van der Waals surface area contributed by atoms with Crippen LogP contribution in [0.4, 0.5) is 0 Å². The van der Waals surface area contributed by atoms with Crippen LogP contribution in [0.2, 0.25) is 0 Å². The highest BCUT2D eigenvalue weighted by Gasteiger charge is 2.33. The first-order chi connectivity index (χ1) is 12.2. The van der Waals surface area contributed by atoms with Crippen molar-refractivity contribution >= 4 is 5.91 Å². The molecule has 3 aliphatic rings. The van der Waals surface area contributed by atoms with Gasteiger partial charge in [0.15, 0.2) is 0 Å².